The highest BCUT2D eigenvalue weighted by atomic mass is 16.2. The molecule has 7 nitrogen and oxygen atoms in total. The van der Waals surface area contributed by atoms with Gasteiger partial charge in [-0.15, -0.1) is 0 Å². The maximum Gasteiger partial charge on any atom is 0.340 e. The molecule has 1 aromatic carbocycles. The van der Waals surface area contributed by atoms with Gasteiger partial charge in [0, 0.05) is 13.1 Å². The van der Waals surface area contributed by atoms with Crippen LogP contribution in [0.4, 0.5) is 0 Å². The second kappa shape index (κ2) is 6.15. The van der Waals surface area contributed by atoms with Crippen molar-refractivity contribution in [1.82, 2.24) is 25.4 Å². The highest BCUT2D eigenvalue weighted by molar-refractivity contribution is 5.81. The summed E-state index contributed by atoms with van der Waals surface area (Å²) in [6, 6.07) is 8.11. The van der Waals surface area contributed by atoms with Crippen LogP contribution in [0.25, 0.3) is 0 Å². The first-order valence-electron chi connectivity index (χ1n) is 7.35. The van der Waals surface area contributed by atoms with Gasteiger partial charge in [0.2, 0.25) is 5.91 Å². The molecule has 3 N–H and O–H groups in total. The first-order valence-corrected chi connectivity index (χ1v) is 7.35. The topological polar surface area (TPSA) is 93.9 Å². The Balaban J connectivity index is 1.58. The number of nitrogens with one attached hydrogen (secondary N) is 3. The minimum absolute atomic E-state index is 0.0665. The van der Waals surface area contributed by atoms with E-state index in [4.69, 9.17) is 0 Å². The molecule has 1 atom stereocenters. The summed E-state index contributed by atoms with van der Waals surface area (Å²) in [5.41, 5.74) is 2.27. The summed E-state index contributed by atoms with van der Waals surface area (Å²) in [5.74, 6) is 0.359. The molecule has 0 bridgehead atoms. The van der Waals surface area contributed by atoms with Crippen molar-refractivity contribution in [2.45, 2.75) is 32.5 Å². The molecule has 0 fully saturated rings. The number of hydrogen-bond donors (Lipinski definition) is 3. The summed E-state index contributed by atoms with van der Waals surface area (Å²) in [5, 5.41) is 8.84. The highest BCUT2D eigenvalue weighted by Crippen LogP contribution is 2.20. The van der Waals surface area contributed by atoms with E-state index in [2.05, 4.69) is 43.6 Å². The number of rotatable bonds is 4. The summed E-state index contributed by atoms with van der Waals surface area (Å²) in [6.07, 6.45) is 0.959. The summed E-state index contributed by atoms with van der Waals surface area (Å²) >= 11 is 0. The summed E-state index contributed by atoms with van der Waals surface area (Å²) in [4.78, 5) is 27.9. The predicted octanol–water partition coefficient (Wildman–Crippen LogP) is 0.161. The molecule has 1 aromatic heterocycles. The zero-order valence-electron chi connectivity index (χ0n) is 12.4. The molecule has 2 aromatic rings. The van der Waals surface area contributed by atoms with Crippen molar-refractivity contribution < 1.29 is 4.79 Å². The molecule has 0 aliphatic carbocycles. The van der Waals surface area contributed by atoms with E-state index in [1.807, 2.05) is 13.0 Å². The van der Waals surface area contributed by atoms with Crippen LogP contribution in [-0.4, -0.2) is 38.6 Å². The first kappa shape index (κ1) is 14.5. The van der Waals surface area contributed by atoms with Gasteiger partial charge in [0.15, 0.2) is 0 Å². The molecule has 0 saturated heterocycles. The van der Waals surface area contributed by atoms with Gasteiger partial charge in [-0.05, 0) is 24.5 Å². The Hall–Kier alpha value is -2.41. The van der Waals surface area contributed by atoms with Crippen LogP contribution in [0.2, 0.25) is 0 Å². The molecule has 7 heteroatoms. The molecule has 116 valence electrons. The van der Waals surface area contributed by atoms with Gasteiger partial charge < -0.3 is 5.32 Å². The number of benzene rings is 1. The summed E-state index contributed by atoms with van der Waals surface area (Å²) < 4.78 is 0. The van der Waals surface area contributed by atoms with Gasteiger partial charge >= 0.3 is 5.69 Å². The van der Waals surface area contributed by atoms with Crippen LogP contribution in [0.15, 0.2) is 29.1 Å². The van der Waals surface area contributed by atoms with Gasteiger partial charge in [-0.1, -0.05) is 24.3 Å². The molecule has 0 spiro atoms. The van der Waals surface area contributed by atoms with Gasteiger partial charge in [-0.3, -0.25) is 14.7 Å². The molecular formula is C15H19N5O2. The van der Waals surface area contributed by atoms with E-state index in [9.17, 15) is 9.59 Å². The quantitative estimate of drug-likeness (QED) is 0.750. The molecule has 22 heavy (non-hydrogen) atoms. The minimum atomic E-state index is -0.370. The molecule has 3 rings (SSSR count). The first-order chi connectivity index (χ1) is 10.6. The normalized spacial score (nSPS) is 16.0. The fourth-order valence-corrected chi connectivity index (χ4v) is 2.72. The van der Waals surface area contributed by atoms with Crippen molar-refractivity contribution in [3.05, 3.63) is 51.7 Å². The molecule has 2 heterocycles. The Morgan fingerprint density at radius 3 is 2.91 bits per heavy atom. The largest absolute Gasteiger partial charge is 0.347 e. The van der Waals surface area contributed by atoms with Crippen LogP contribution >= 0.6 is 0 Å². The number of H-pyrrole nitrogens is 2. The lowest BCUT2D eigenvalue weighted by atomic mass is 9.99. The zero-order chi connectivity index (χ0) is 15.5. The van der Waals surface area contributed by atoms with Gasteiger partial charge in [-0.25, -0.2) is 9.89 Å². The van der Waals surface area contributed by atoms with E-state index in [-0.39, 0.29) is 24.2 Å². The highest BCUT2D eigenvalue weighted by Gasteiger charge is 2.25. The molecular weight excluding hydrogens is 282 g/mol. The van der Waals surface area contributed by atoms with Crippen molar-refractivity contribution in [2.24, 2.45) is 0 Å². The van der Waals surface area contributed by atoms with Crippen molar-refractivity contribution in [1.29, 1.82) is 0 Å². The number of amides is 1. The standard InChI is InChI=1S/C15H19N5O2/c1-10(14(21)16-8-13-17-15(22)19-18-13)20-7-6-11-4-2-3-5-12(11)9-20/h2-5,10H,6-9H2,1H3,(H,16,21)(H2,17,18,19,22). The lowest BCUT2D eigenvalue weighted by molar-refractivity contribution is -0.126. The van der Waals surface area contributed by atoms with Crippen LogP contribution < -0.4 is 11.0 Å². The number of carbonyl (C=O) groups is 1. The van der Waals surface area contributed by atoms with Gasteiger partial charge in [-0.2, -0.15) is 5.10 Å². The predicted molar refractivity (Wildman–Crippen MR) is 81.1 cm³/mol. The van der Waals surface area contributed by atoms with Crippen LogP contribution in [0.5, 0.6) is 0 Å². The van der Waals surface area contributed by atoms with E-state index < -0.39 is 0 Å². The lowest BCUT2D eigenvalue weighted by Gasteiger charge is -2.32. The third-order valence-electron chi connectivity index (χ3n) is 4.07. The average Bonchev–Trinajstić information content (AvgIpc) is 2.97. The minimum Gasteiger partial charge on any atom is -0.347 e. The Labute approximate surface area is 127 Å². The molecule has 1 unspecified atom stereocenters. The van der Waals surface area contributed by atoms with Crippen molar-refractivity contribution in [3.8, 4) is 0 Å². The third kappa shape index (κ3) is 3.09. The number of carbonyl (C=O) groups excluding carboxylic acids is 1. The smallest absolute Gasteiger partial charge is 0.340 e. The second-order valence-electron chi connectivity index (χ2n) is 5.51. The fraction of sp³-hybridized carbons (Fsp3) is 0.400. The van der Waals surface area contributed by atoms with Crippen molar-refractivity contribution in [3.63, 3.8) is 0 Å². The Kier molecular flexibility index (Phi) is 4.06. The molecule has 0 radical (unpaired) electrons. The monoisotopic (exact) mass is 301 g/mol. The zero-order valence-corrected chi connectivity index (χ0v) is 12.4. The maximum atomic E-state index is 12.3. The van der Waals surface area contributed by atoms with Gasteiger partial charge in [0.1, 0.15) is 5.82 Å². The van der Waals surface area contributed by atoms with E-state index in [1.54, 1.807) is 0 Å². The maximum absolute atomic E-state index is 12.3. The third-order valence-corrected chi connectivity index (χ3v) is 4.07. The van der Waals surface area contributed by atoms with Crippen LogP contribution in [-0.2, 0) is 24.3 Å². The number of hydrogen-bond acceptors (Lipinski definition) is 4. The SMILES string of the molecule is CC(C(=O)NCc1n[nH]c(=O)[nH]1)N1CCc2ccccc2C1. The van der Waals surface area contributed by atoms with E-state index in [0.717, 1.165) is 19.5 Å². The number of nitrogens with zero attached hydrogens (tertiary/aromatic N) is 2. The Morgan fingerprint density at radius 1 is 1.41 bits per heavy atom. The molecule has 1 amide bonds. The van der Waals surface area contributed by atoms with Crippen molar-refractivity contribution in [2.75, 3.05) is 6.54 Å². The van der Waals surface area contributed by atoms with E-state index in [1.165, 1.54) is 11.1 Å². The fourth-order valence-electron chi connectivity index (χ4n) is 2.72. The average molecular weight is 301 g/mol. The van der Waals surface area contributed by atoms with E-state index in [0.29, 0.717) is 5.82 Å². The Morgan fingerprint density at radius 2 is 2.18 bits per heavy atom. The van der Waals surface area contributed by atoms with Crippen molar-refractivity contribution >= 4 is 5.91 Å². The van der Waals surface area contributed by atoms with Crippen LogP contribution in [0, 0.1) is 0 Å². The van der Waals surface area contributed by atoms with E-state index >= 15 is 0 Å². The lowest BCUT2D eigenvalue weighted by Crippen LogP contribution is -2.46. The number of aromatic nitrogens is 3. The summed E-state index contributed by atoms with van der Waals surface area (Å²) in [7, 11) is 0. The Bertz CT molecular complexity index is 720. The van der Waals surface area contributed by atoms with Crippen LogP contribution in [0.3, 0.4) is 0 Å². The molecule has 1 aliphatic heterocycles. The summed E-state index contributed by atoms with van der Waals surface area (Å²) in [6.45, 7) is 3.76. The van der Waals surface area contributed by atoms with Gasteiger partial charge in [0.05, 0.1) is 12.6 Å². The number of fused-ring (bicyclic) bond motifs is 1. The van der Waals surface area contributed by atoms with Crippen LogP contribution in [0.1, 0.15) is 23.9 Å². The van der Waals surface area contributed by atoms with Gasteiger partial charge in [0.25, 0.3) is 0 Å². The molecule has 1 aliphatic rings. The second-order valence-corrected chi connectivity index (χ2v) is 5.51. The number of aromatic amines is 2. The molecule has 0 saturated carbocycles.